The van der Waals surface area contributed by atoms with Crippen LogP contribution in [0, 0.1) is 12.8 Å². The average Bonchev–Trinajstić information content (AvgIpc) is 3.33. The van der Waals surface area contributed by atoms with Crippen LogP contribution in [0.15, 0.2) is 29.6 Å². The van der Waals surface area contributed by atoms with E-state index in [1.54, 1.807) is 11.3 Å². The number of carbonyl (C=O) groups excluding carboxylic acids is 1. The highest BCUT2D eigenvalue weighted by Gasteiger charge is 2.32. The minimum absolute atomic E-state index is 0.0550. The molecule has 0 N–H and O–H groups in total. The van der Waals surface area contributed by atoms with Crippen LogP contribution in [0.2, 0.25) is 0 Å². The van der Waals surface area contributed by atoms with Crippen LogP contribution in [0.4, 0.5) is 0 Å². The standard InChI is InChI=1S/C18H22N2O2S/c1-12(14-7-8-14)20(3)18(21)15-5-4-6-17(9-15)22-10-16-11-23-13(2)19-16/h4-6,9,11-12,14H,7-8,10H2,1-3H3. The largest absolute Gasteiger partial charge is 0.487 e. The van der Waals surface area contributed by atoms with Crippen LogP contribution < -0.4 is 4.74 Å². The molecule has 1 aliphatic rings. The lowest BCUT2D eigenvalue weighted by molar-refractivity contribution is 0.0727. The number of amides is 1. The molecule has 1 fully saturated rings. The van der Waals surface area contributed by atoms with E-state index in [0.29, 0.717) is 29.9 Å². The zero-order chi connectivity index (χ0) is 16.4. The molecule has 0 aliphatic heterocycles. The molecule has 1 aromatic heterocycles. The summed E-state index contributed by atoms with van der Waals surface area (Å²) in [6, 6.07) is 7.70. The van der Waals surface area contributed by atoms with Crippen LogP contribution in [0.25, 0.3) is 0 Å². The number of hydrogen-bond acceptors (Lipinski definition) is 4. The van der Waals surface area contributed by atoms with Gasteiger partial charge in [0.2, 0.25) is 0 Å². The summed E-state index contributed by atoms with van der Waals surface area (Å²) in [5, 5.41) is 3.03. The maximum absolute atomic E-state index is 12.6. The fraction of sp³-hybridized carbons (Fsp3) is 0.444. The number of hydrogen-bond donors (Lipinski definition) is 0. The first-order valence-corrected chi connectivity index (χ1v) is 8.83. The van der Waals surface area contributed by atoms with Gasteiger partial charge in [-0.2, -0.15) is 0 Å². The maximum atomic E-state index is 12.6. The number of ether oxygens (including phenoxy) is 1. The summed E-state index contributed by atoms with van der Waals surface area (Å²) in [4.78, 5) is 18.8. The summed E-state index contributed by atoms with van der Waals surface area (Å²) in [6.45, 7) is 4.53. The Kier molecular flexibility index (Phi) is 4.66. The molecular formula is C18H22N2O2S. The van der Waals surface area contributed by atoms with Crippen LogP contribution in [0.5, 0.6) is 5.75 Å². The third-order valence-corrected chi connectivity index (χ3v) is 5.19. The fourth-order valence-corrected chi connectivity index (χ4v) is 3.23. The Hall–Kier alpha value is -1.88. The quantitative estimate of drug-likeness (QED) is 0.807. The molecule has 1 amide bonds. The Bertz CT molecular complexity index is 694. The lowest BCUT2D eigenvalue weighted by atomic mass is 10.1. The Balaban J connectivity index is 1.65. The molecule has 0 bridgehead atoms. The second kappa shape index (κ2) is 6.71. The first-order chi connectivity index (χ1) is 11.0. The van der Waals surface area contributed by atoms with E-state index in [0.717, 1.165) is 10.7 Å². The zero-order valence-corrected chi connectivity index (χ0v) is 14.6. The number of rotatable bonds is 6. The summed E-state index contributed by atoms with van der Waals surface area (Å²) in [7, 11) is 1.89. The van der Waals surface area contributed by atoms with E-state index in [9.17, 15) is 4.79 Å². The second-order valence-electron chi connectivity index (χ2n) is 6.17. The first kappa shape index (κ1) is 16.0. The van der Waals surface area contributed by atoms with Gasteiger partial charge in [-0.3, -0.25) is 4.79 Å². The molecule has 23 heavy (non-hydrogen) atoms. The van der Waals surface area contributed by atoms with Gasteiger partial charge in [-0.25, -0.2) is 4.98 Å². The number of thiazole rings is 1. The molecule has 2 aromatic rings. The minimum Gasteiger partial charge on any atom is -0.487 e. The zero-order valence-electron chi connectivity index (χ0n) is 13.8. The monoisotopic (exact) mass is 330 g/mol. The van der Waals surface area contributed by atoms with Crippen molar-refractivity contribution in [2.24, 2.45) is 5.92 Å². The van der Waals surface area contributed by atoms with Gasteiger partial charge in [0.05, 0.1) is 10.7 Å². The summed E-state index contributed by atoms with van der Waals surface area (Å²) >= 11 is 1.61. The number of benzene rings is 1. The summed E-state index contributed by atoms with van der Waals surface area (Å²) in [6.07, 6.45) is 2.46. The molecule has 122 valence electrons. The molecule has 3 rings (SSSR count). The predicted octanol–water partition coefficient (Wildman–Crippen LogP) is 3.90. The maximum Gasteiger partial charge on any atom is 0.253 e. The normalized spacial score (nSPS) is 15.3. The molecule has 0 spiro atoms. The van der Waals surface area contributed by atoms with Crippen LogP contribution >= 0.6 is 11.3 Å². The van der Waals surface area contributed by atoms with Crippen molar-refractivity contribution in [3.05, 3.63) is 45.9 Å². The van der Waals surface area contributed by atoms with E-state index in [1.807, 2.05) is 48.5 Å². The van der Waals surface area contributed by atoms with E-state index in [4.69, 9.17) is 4.74 Å². The number of aromatic nitrogens is 1. The molecule has 1 aromatic carbocycles. The Morgan fingerprint density at radius 1 is 1.48 bits per heavy atom. The average molecular weight is 330 g/mol. The van der Waals surface area contributed by atoms with Crippen molar-refractivity contribution in [1.29, 1.82) is 0 Å². The van der Waals surface area contributed by atoms with Gasteiger partial charge >= 0.3 is 0 Å². The Labute approximate surface area is 141 Å². The van der Waals surface area contributed by atoms with Crippen molar-refractivity contribution in [2.45, 2.75) is 39.3 Å². The van der Waals surface area contributed by atoms with Crippen LogP contribution in [0.1, 0.15) is 40.8 Å². The molecule has 1 heterocycles. The van der Waals surface area contributed by atoms with Gasteiger partial charge in [0, 0.05) is 24.0 Å². The highest BCUT2D eigenvalue weighted by atomic mass is 32.1. The minimum atomic E-state index is 0.0550. The molecule has 1 atom stereocenters. The van der Waals surface area contributed by atoms with Crippen LogP contribution in [-0.2, 0) is 6.61 Å². The van der Waals surface area contributed by atoms with E-state index >= 15 is 0 Å². The van der Waals surface area contributed by atoms with Gasteiger partial charge in [0.1, 0.15) is 12.4 Å². The van der Waals surface area contributed by atoms with Gasteiger partial charge in [-0.15, -0.1) is 11.3 Å². The lowest BCUT2D eigenvalue weighted by Crippen LogP contribution is -2.36. The van der Waals surface area contributed by atoms with Gasteiger partial charge in [0.25, 0.3) is 5.91 Å². The molecule has 5 heteroatoms. The van der Waals surface area contributed by atoms with Crippen molar-refractivity contribution < 1.29 is 9.53 Å². The molecule has 1 aliphatic carbocycles. The molecule has 1 saturated carbocycles. The van der Waals surface area contributed by atoms with Crippen molar-refractivity contribution in [3.63, 3.8) is 0 Å². The fourth-order valence-electron chi connectivity index (χ4n) is 2.63. The number of nitrogens with zero attached hydrogens (tertiary/aromatic N) is 2. The van der Waals surface area contributed by atoms with E-state index in [1.165, 1.54) is 12.8 Å². The predicted molar refractivity (Wildman–Crippen MR) is 91.9 cm³/mol. The highest BCUT2D eigenvalue weighted by Crippen LogP contribution is 2.35. The molecule has 4 nitrogen and oxygen atoms in total. The molecular weight excluding hydrogens is 308 g/mol. The Morgan fingerprint density at radius 2 is 2.26 bits per heavy atom. The summed E-state index contributed by atoms with van der Waals surface area (Å²) in [5.74, 6) is 1.42. The van der Waals surface area contributed by atoms with Gasteiger partial charge in [0.15, 0.2) is 0 Å². The van der Waals surface area contributed by atoms with Gasteiger partial charge < -0.3 is 9.64 Å². The summed E-state index contributed by atoms with van der Waals surface area (Å²) < 4.78 is 5.77. The SMILES string of the molecule is Cc1nc(COc2cccc(C(=O)N(C)C(C)C3CC3)c2)cs1. The van der Waals surface area contributed by atoms with Crippen molar-refractivity contribution in [3.8, 4) is 5.75 Å². The number of carbonyl (C=O) groups is 1. The van der Waals surface area contributed by atoms with E-state index in [2.05, 4.69) is 11.9 Å². The molecule has 1 unspecified atom stereocenters. The van der Waals surface area contributed by atoms with Crippen molar-refractivity contribution in [1.82, 2.24) is 9.88 Å². The summed E-state index contributed by atoms with van der Waals surface area (Å²) in [5.41, 5.74) is 1.59. The Morgan fingerprint density at radius 3 is 2.91 bits per heavy atom. The van der Waals surface area contributed by atoms with Crippen LogP contribution in [-0.4, -0.2) is 28.9 Å². The third-order valence-electron chi connectivity index (χ3n) is 4.37. The van der Waals surface area contributed by atoms with Gasteiger partial charge in [-0.1, -0.05) is 6.07 Å². The lowest BCUT2D eigenvalue weighted by Gasteiger charge is -2.25. The third kappa shape index (κ3) is 3.91. The van der Waals surface area contributed by atoms with E-state index in [-0.39, 0.29) is 5.91 Å². The topological polar surface area (TPSA) is 42.4 Å². The van der Waals surface area contributed by atoms with Gasteiger partial charge in [-0.05, 0) is 50.8 Å². The van der Waals surface area contributed by atoms with Crippen LogP contribution in [0.3, 0.4) is 0 Å². The first-order valence-electron chi connectivity index (χ1n) is 7.95. The molecule has 0 radical (unpaired) electrons. The number of aryl methyl sites for hydroxylation is 1. The second-order valence-corrected chi connectivity index (χ2v) is 7.23. The van der Waals surface area contributed by atoms with Crippen molar-refractivity contribution >= 4 is 17.2 Å². The van der Waals surface area contributed by atoms with E-state index < -0.39 is 0 Å². The highest BCUT2D eigenvalue weighted by molar-refractivity contribution is 7.09. The van der Waals surface area contributed by atoms with Crippen molar-refractivity contribution in [2.75, 3.05) is 7.05 Å². The smallest absolute Gasteiger partial charge is 0.253 e. The molecule has 0 saturated heterocycles.